The molecule has 0 aromatic heterocycles. The summed E-state index contributed by atoms with van der Waals surface area (Å²) < 4.78 is 5.10. The first-order valence-electron chi connectivity index (χ1n) is 6.44. The lowest BCUT2D eigenvalue weighted by Crippen LogP contribution is -2.14. The average Bonchev–Trinajstić information content (AvgIpc) is 2.77. The fraction of sp³-hybridized carbons (Fsp3) is 0.188. The quantitative estimate of drug-likeness (QED) is 0.900. The summed E-state index contributed by atoms with van der Waals surface area (Å²) in [5, 5.41) is 12.5. The Kier molecular flexibility index (Phi) is 3.06. The third kappa shape index (κ3) is 2.09. The van der Waals surface area contributed by atoms with Crippen LogP contribution in [0, 0.1) is 0 Å². The van der Waals surface area contributed by atoms with Crippen molar-refractivity contribution < 1.29 is 14.6 Å². The molecule has 1 aliphatic heterocycles. The number of methoxy groups -OCH3 is 1. The minimum atomic E-state index is -0.194. The number of phenols is 1. The van der Waals surface area contributed by atoms with Crippen molar-refractivity contribution in [3.8, 4) is 11.5 Å². The molecule has 2 N–H and O–H groups in total. The number of rotatable bonds is 3. The molecule has 0 unspecified atom stereocenters. The van der Waals surface area contributed by atoms with Crippen LogP contribution in [-0.4, -0.2) is 18.1 Å². The van der Waals surface area contributed by atoms with Gasteiger partial charge in [0.25, 0.3) is 0 Å². The lowest BCUT2D eigenvalue weighted by atomic mass is 9.93. The van der Waals surface area contributed by atoms with Crippen LogP contribution in [0.15, 0.2) is 42.5 Å². The standard InChI is InChI=1S/C16H15NO3/c1-20-15-9-10(6-7-14(15)18)8-12-11-4-2-3-5-13(11)17-16(12)19/h2-7,9,12,18H,8H2,1H3,(H,17,19)/t12-/m0/s1. The number of phenolic OH excluding ortho intramolecular Hbond substituents is 1. The molecule has 2 aromatic carbocycles. The third-order valence-electron chi connectivity index (χ3n) is 3.59. The fourth-order valence-corrected chi connectivity index (χ4v) is 2.56. The van der Waals surface area contributed by atoms with Gasteiger partial charge in [0.1, 0.15) is 0 Å². The largest absolute Gasteiger partial charge is 0.504 e. The molecule has 0 spiro atoms. The first-order valence-corrected chi connectivity index (χ1v) is 6.44. The molecule has 102 valence electrons. The highest BCUT2D eigenvalue weighted by atomic mass is 16.5. The Morgan fingerprint density at radius 2 is 2.05 bits per heavy atom. The van der Waals surface area contributed by atoms with Crippen molar-refractivity contribution in [1.29, 1.82) is 0 Å². The molecular weight excluding hydrogens is 254 g/mol. The number of hydrogen-bond donors (Lipinski definition) is 2. The van der Waals surface area contributed by atoms with Crippen molar-refractivity contribution in [2.45, 2.75) is 12.3 Å². The molecule has 0 bridgehead atoms. The van der Waals surface area contributed by atoms with Crippen LogP contribution in [0.4, 0.5) is 5.69 Å². The molecule has 0 aliphatic carbocycles. The highest BCUT2D eigenvalue weighted by Crippen LogP contribution is 2.36. The summed E-state index contributed by atoms with van der Waals surface area (Å²) in [4.78, 5) is 12.1. The van der Waals surface area contributed by atoms with Crippen LogP contribution >= 0.6 is 0 Å². The van der Waals surface area contributed by atoms with Gasteiger partial charge in [-0.15, -0.1) is 0 Å². The Bertz CT molecular complexity index is 667. The van der Waals surface area contributed by atoms with E-state index in [9.17, 15) is 9.90 Å². The second kappa shape index (κ2) is 4.89. The van der Waals surface area contributed by atoms with Gasteiger partial charge in [-0.25, -0.2) is 0 Å². The lowest BCUT2D eigenvalue weighted by molar-refractivity contribution is -0.117. The van der Waals surface area contributed by atoms with Crippen LogP contribution in [0.1, 0.15) is 17.0 Å². The van der Waals surface area contributed by atoms with Crippen molar-refractivity contribution in [2.75, 3.05) is 12.4 Å². The summed E-state index contributed by atoms with van der Waals surface area (Å²) in [6.45, 7) is 0. The number of hydrogen-bond acceptors (Lipinski definition) is 3. The molecule has 4 heteroatoms. The molecular formula is C16H15NO3. The number of carbonyl (C=O) groups excluding carboxylic acids is 1. The highest BCUT2D eigenvalue weighted by molar-refractivity contribution is 6.03. The van der Waals surface area contributed by atoms with Gasteiger partial charge in [-0.3, -0.25) is 4.79 Å². The van der Waals surface area contributed by atoms with E-state index in [1.54, 1.807) is 12.1 Å². The molecule has 0 saturated carbocycles. The van der Waals surface area contributed by atoms with E-state index in [4.69, 9.17) is 4.74 Å². The number of fused-ring (bicyclic) bond motifs is 1. The van der Waals surface area contributed by atoms with Crippen molar-refractivity contribution in [3.05, 3.63) is 53.6 Å². The van der Waals surface area contributed by atoms with Crippen molar-refractivity contribution >= 4 is 11.6 Å². The van der Waals surface area contributed by atoms with Gasteiger partial charge in [-0.2, -0.15) is 0 Å². The number of ether oxygens (including phenoxy) is 1. The summed E-state index contributed by atoms with van der Waals surface area (Å²) >= 11 is 0. The predicted molar refractivity (Wildman–Crippen MR) is 76.2 cm³/mol. The minimum Gasteiger partial charge on any atom is -0.504 e. The number of amides is 1. The van der Waals surface area contributed by atoms with Crippen molar-refractivity contribution in [1.82, 2.24) is 0 Å². The van der Waals surface area contributed by atoms with Gasteiger partial charge in [-0.05, 0) is 35.7 Å². The Labute approximate surface area is 117 Å². The minimum absolute atomic E-state index is 0.0123. The van der Waals surface area contributed by atoms with E-state index < -0.39 is 0 Å². The summed E-state index contributed by atoms with van der Waals surface area (Å²) in [7, 11) is 1.51. The molecule has 4 nitrogen and oxygen atoms in total. The van der Waals surface area contributed by atoms with E-state index in [0.717, 1.165) is 16.8 Å². The summed E-state index contributed by atoms with van der Waals surface area (Å²) in [5.41, 5.74) is 2.86. The molecule has 1 atom stereocenters. The molecule has 20 heavy (non-hydrogen) atoms. The maximum atomic E-state index is 12.1. The summed E-state index contributed by atoms with van der Waals surface area (Å²) in [6.07, 6.45) is 0.583. The first-order chi connectivity index (χ1) is 9.69. The molecule has 0 saturated heterocycles. The van der Waals surface area contributed by atoms with Gasteiger partial charge < -0.3 is 15.2 Å². The normalized spacial score (nSPS) is 16.6. The molecule has 2 aromatic rings. The molecule has 1 heterocycles. The van der Waals surface area contributed by atoms with Crippen LogP contribution in [0.2, 0.25) is 0 Å². The Hall–Kier alpha value is -2.49. The zero-order valence-electron chi connectivity index (χ0n) is 11.1. The van der Waals surface area contributed by atoms with Gasteiger partial charge in [-0.1, -0.05) is 24.3 Å². The van der Waals surface area contributed by atoms with Crippen LogP contribution in [0.5, 0.6) is 11.5 Å². The van der Waals surface area contributed by atoms with Crippen molar-refractivity contribution in [2.24, 2.45) is 0 Å². The Morgan fingerprint density at radius 1 is 1.25 bits per heavy atom. The smallest absolute Gasteiger partial charge is 0.232 e. The number of carbonyl (C=O) groups is 1. The van der Waals surface area contributed by atoms with E-state index in [2.05, 4.69) is 5.32 Å². The number of para-hydroxylation sites is 1. The summed E-state index contributed by atoms with van der Waals surface area (Å²) in [6, 6.07) is 12.9. The van der Waals surface area contributed by atoms with E-state index in [1.807, 2.05) is 30.3 Å². The second-order valence-electron chi connectivity index (χ2n) is 4.84. The zero-order valence-corrected chi connectivity index (χ0v) is 11.1. The summed E-state index contributed by atoms with van der Waals surface area (Å²) in [5.74, 6) is 0.348. The number of aromatic hydroxyl groups is 1. The van der Waals surface area contributed by atoms with E-state index in [0.29, 0.717) is 12.2 Å². The molecule has 1 amide bonds. The van der Waals surface area contributed by atoms with Crippen LogP contribution in [0.25, 0.3) is 0 Å². The van der Waals surface area contributed by atoms with Gasteiger partial charge >= 0.3 is 0 Å². The second-order valence-corrected chi connectivity index (χ2v) is 4.84. The molecule has 0 fully saturated rings. The lowest BCUT2D eigenvalue weighted by Gasteiger charge is -2.11. The monoisotopic (exact) mass is 269 g/mol. The molecule has 0 radical (unpaired) electrons. The predicted octanol–water partition coefficient (Wildman–Crippen LogP) is 2.68. The van der Waals surface area contributed by atoms with Crippen LogP contribution in [0.3, 0.4) is 0 Å². The fourth-order valence-electron chi connectivity index (χ4n) is 2.56. The highest BCUT2D eigenvalue weighted by Gasteiger charge is 2.30. The van der Waals surface area contributed by atoms with Gasteiger partial charge in [0, 0.05) is 5.69 Å². The molecule has 3 rings (SSSR count). The average molecular weight is 269 g/mol. The van der Waals surface area contributed by atoms with Crippen LogP contribution in [-0.2, 0) is 11.2 Å². The number of benzene rings is 2. The van der Waals surface area contributed by atoms with Gasteiger partial charge in [0.15, 0.2) is 11.5 Å². The van der Waals surface area contributed by atoms with Gasteiger partial charge in [0.2, 0.25) is 5.91 Å². The number of anilines is 1. The topological polar surface area (TPSA) is 58.6 Å². The molecule has 1 aliphatic rings. The SMILES string of the molecule is COc1cc(C[C@@H]2C(=O)Nc3ccccc32)ccc1O. The van der Waals surface area contributed by atoms with Crippen molar-refractivity contribution in [3.63, 3.8) is 0 Å². The third-order valence-corrected chi connectivity index (χ3v) is 3.59. The zero-order chi connectivity index (χ0) is 14.1. The number of nitrogens with one attached hydrogen (secondary N) is 1. The van der Waals surface area contributed by atoms with Gasteiger partial charge in [0.05, 0.1) is 13.0 Å². The van der Waals surface area contributed by atoms with Crippen LogP contribution < -0.4 is 10.1 Å². The maximum absolute atomic E-state index is 12.1. The van der Waals surface area contributed by atoms with E-state index in [-0.39, 0.29) is 17.6 Å². The maximum Gasteiger partial charge on any atom is 0.232 e. The van der Waals surface area contributed by atoms with E-state index >= 15 is 0 Å². The Balaban J connectivity index is 1.90. The Morgan fingerprint density at radius 3 is 2.85 bits per heavy atom. The first kappa shape index (κ1) is 12.5. The van der Waals surface area contributed by atoms with E-state index in [1.165, 1.54) is 7.11 Å².